The Morgan fingerprint density at radius 2 is 2.08 bits per heavy atom. The highest BCUT2D eigenvalue weighted by molar-refractivity contribution is 5.79. The Labute approximate surface area is 77.3 Å². The van der Waals surface area contributed by atoms with Crippen LogP contribution >= 0.6 is 0 Å². The van der Waals surface area contributed by atoms with Crippen LogP contribution < -0.4 is 5.32 Å². The van der Waals surface area contributed by atoms with Crippen molar-refractivity contribution in [3.8, 4) is 0 Å². The number of nitrogens with one attached hydrogen (secondary N) is 1. The lowest BCUT2D eigenvalue weighted by molar-refractivity contribution is -0.148. The van der Waals surface area contributed by atoms with Crippen molar-refractivity contribution >= 4 is 12.3 Å². The van der Waals surface area contributed by atoms with E-state index >= 15 is 0 Å². The van der Waals surface area contributed by atoms with Gasteiger partial charge in [-0.3, -0.25) is 4.79 Å². The van der Waals surface area contributed by atoms with Crippen molar-refractivity contribution in [3.63, 3.8) is 0 Å². The van der Waals surface area contributed by atoms with Crippen molar-refractivity contribution in [3.05, 3.63) is 0 Å². The fraction of sp³-hybridized carbons (Fsp3) is 0.778. The van der Waals surface area contributed by atoms with Crippen molar-refractivity contribution in [2.75, 3.05) is 6.54 Å². The van der Waals surface area contributed by atoms with Gasteiger partial charge in [0.05, 0.1) is 11.3 Å². The Kier molecular flexibility index (Phi) is 2.20. The summed E-state index contributed by atoms with van der Waals surface area (Å²) in [6, 6.07) is 0. The van der Waals surface area contributed by atoms with E-state index in [2.05, 4.69) is 5.32 Å². The highest BCUT2D eigenvalue weighted by atomic mass is 16.4. The number of carbonyl (C=O) groups is 2. The molecule has 0 aromatic heterocycles. The topological polar surface area (TPSA) is 66.4 Å². The van der Waals surface area contributed by atoms with E-state index in [0.717, 1.165) is 6.29 Å². The third-order valence-electron chi connectivity index (χ3n) is 2.82. The molecule has 1 fully saturated rings. The SMILES string of the molecule is CC1(C=O)CNC(C)(C)C1C(=O)O. The van der Waals surface area contributed by atoms with E-state index in [1.54, 1.807) is 20.8 Å². The number of carboxylic acids is 1. The molecule has 0 aliphatic carbocycles. The third-order valence-corrected chi connectivity index (χ3v) is 2.82. The Balaban J connectivity index is 3.06. The Morgan fingerprint density at radius 3 is 2.38 bits per heavy atom. The molecule has 0 radical (unpaired) electrons. The average Bonchev–Trinajstić information content (AvgIpc) is 2.23. The quantitative estimate of drug-likeness (QED) is 0.606. The second-order valence-electron chi connectivity index (χ2n) is 4.47. The number of carbonyl (C=O) groups excluding carboxylic acids is 1. The molecular weight excluding hydrogens is 170 g/mol. The van der Waals surface area contributed by atoms with Crippen LogP contribution in [0.1, 0.15) is 20.8 Å². The number of carboxylic acid groups (broad SMARTS) is 1. The lowest BCUT2D eigenvalue weighted by atomic mass is 9.73. The summed E-state index contributed by atoms with van der Waals surface area (Å²) in [4.78, 5) is 21.8. The molecule has 1 saturated heterocycles. The lowest BCUT2D eigenvalue weighted by Crippen LogP contribution is -2.44. The molecule has 0 bridgehead atoms. The van der Waals surface area contributed by atoms with E-state index in [1.165, 1.54) is 0 Å². The molecule has 1 aliphatic rings. The summed E-state index contributed by atoms with van der Waals surface area (Å²) in [5.41, 5.74) is -1.29. The molecule has 0 amide bonds. The molecule has 4 heteroatoms. The average molecular weight is 185 g/mol. The van der Waals surface area contributed by atoms with Gasteiger partial charge >= 0.3 is 5.97 Å². The van der Waals surface area contributed by atoms with Crippen LogP contribution in [0.25, 0.3) is 0 Å². The van der Waals surface area contributed by atoms with Gasteiger partial charge in [-0.15, -0.1) is 0 Å². The van der Waals surface area contributed by atoms with Gasteiger partial charge in [0.25, 0.3) is 0 Å². The summed E-state index contributed by atoms with van der Waals surface area (Å²) in [5.74, 6) is -1.57. The van der Waals surface area contributed by atoms with Crippen LogP contribution in [-0.2, 0) is 9.59 Å². The summed E-state index contributed by atoms with van der Waals surface area (Å²) in [5, 5.41) is 12.1. The standard InChI is InChI=1S/C9H15NO3/c1-8(2)6(7(12)13)9(3,5-11)4-10-8/h5-6,10H,4H2,1-3H3,(H,12,13). The zero-order valence-electron chi connectivity index (χ0n) is 8.13. The van der Waals surface area contributed by atoms with Crippen LogP contribution in [0.5, 0.6) is 0 Å². The highest BCUT2D eigenvalue weighted by Gasteiger charge is 2.53. The first kappa shape index (κ1) is 10.2. The van der Waals surface area contributed by atoms with Crippen LogP contribution in [0.15, 0.2) is 0 Å². The van der Waals surface area contributed by atoms with Crippen molar-refractivity contribution in [1.82, 2.24) is 5.32 Å². The monoisotopic (exact) mass is 185 g/mol. The molecule has 1 heterocycles. The first-order valence-corrected chi connectivity index (χ1v) is 4.28. The minimum absolute atomic E-state index is 0.431. The second-order valence-corrected chi connectivity index (χ2v) is 4.47. The maximum Gasteiger partial charge on any atom is 0.309 e. The van der Waals surface area contributed by atoms with Gasteiger partial charge < -0.3 is 15.2 Å². The predicted molar refractivity (Wildman–Crippen MR) is 47.4 cm³/mol. The summed E-state index contributed by atoms with van der Waals surface area (Å²) in [6.45, 7) is 5.72. The smallest absolute Gasteiger partial charge is 0.309 e. The molecule has 0 spiro atoms. The molecule has 13 heavy (non-hydrogen) atoms. The largest absolute Gasteiger partial charge is 0.481 e. The van der Waals surface area contributed by atoms with Crippen LogP contribution in [0.3, 0.4) is 0 Å². The van der Waals surface area contributed by atoms with E-state index < -0.39 is 22.8 Å². The van der Waals surface area contributed by atoms with Crippen molar-refractivity contribution in [2.45, 2.75) is 26.3 Å². The molecule has 0 saturated carbocycles. The van der Waals surface area contributed by atoms with Gasteiger partial charge in [0.1, 0.15) is 6.29 Å². The maximum absolute atomic E-state index is 11.0. The van der Waals surface area contributed by atoms with E-state index in [-0.39, 0.29) is 0 Å². The molecule has 74 valence electrons. The molecule has 4 nitrogen and oxygen atoms in total. The van der Waals surface area contributed by atoms with Crippen molar-refractivity contribution in [2.24, 2.45) is 11.3 Å². The van der Waals surface area contributed by atoms with Gasteiger partial charge in [0, 0.05) is 12.1 Å². The molecular formula is C9H15NO3. The predicted octanol–water partition coefficient (Wildman–Crippen LogP) is 0.274. The van der Waals surface area contributed by atoms with Crippen LogP contribution in [0.4, 0.5) is 0 Å². The van der Waals surface area contributed by atoms with Crippen molar-refractivity contribution < 1.29 is 14.7 Å². The maximum atomic E-state index is 11.0. The molecule has 2 atom stereocenters. The normalized spacial score (nSPS) is 37.3. The molecule has 2 unspecified atom stereocenters. The van der Waals surface area contributed by atoms with Crippen molar-refractivity contribution in [1.29, 1.82) is 0 Å². The fourth-order valence-electron chi connectivity index (χ4n) is 2.15. The van der Waals surface area contributed by atoms with E-state index in [0.29, 0.717) is 6.54 Å². The first-order chi connectivity index (χ1) is 5.83. The van der Waals surface area contributed by atoms with Crippen LogP contribution in [-0.4, -0.2) is 29.4 Å². The molecule has 1 aliphatic heterocycles. The van der Waals surface area contributed by atoms with E-state index in [1.807, 2.05) is 0 Å². The summed E-state index contributed by atoms with van der Waals surface area (Å²) in [6.07, 6.45) is 0.744. The van der Waals surface area contributed by atoms with Gasteiger partial charge in [-0.2, -0.15) is 0 Å². The minimum atomic E-state index is -0.912. The van der Waals surface area contributed by atoms with Gasteiger partial charge in [0.15, 0.2) is 0 Å². The molecule has 2 N–H and O–H groups in total. The summed E-state index contributed by atoms with van der Waals surface area (Å²) < 4.78 is 0. The lowest BCUT2D eigenvalue weighted by Gasteiger charge is -2.29. The first-order valence-electron chi connectivity index (χ1n) is 4.28. The fourth-order valence-corrected chi connectivity index (χ4v) is 2.15. The summed E-state index contributed by atoms with van der Waals surface area (Å²) >= 11 is 0. The Hall–Kier alpha value is -0.900. The van der Waals surface area contributed by atoms with Gasteiger partial charge in [-0.25, -0.2) is 0 Å². The minimum Gasteiger partial charge on any atom is -0.481 e. The molecule has 0 aromatic carbocycles. The second kappa shape index (κ2) is 2.80. The number of aldehydes is 1. The van der Waals surface area contributed by atoms with Crippen LogP contribution in [0, 0.1) is 11.3 Å². The number of rotatable bonds is 2. The highest BCUT2D eigenvalue weighted by Crippen LogP contribution is 2.39. The van der Waals surface area contributed by atoms with Crippen LogP contribution in [0.2, 0.25) is 0 Å². The van der Waals surface area contributed by atoms with Gasteiger partial charge in [0.2, 0.25) is 0 Å². The zero-order valence-corrected chi connectivity index (χ0v) is 8.13. The zero-order chi connectivity index (χ0) is 10.3. The summed E-state index contributed by atoms with van der Waals surface area (Å²) in [7, 11) is 0. The van der Waals surface area contributed by atoms with E-state index in [9.17, 15) is 9.59 Å². The number of aliphatic carboxylic acids is 1. The number of hydrogen-bond donors (Lipinski definition) is 2. The molecule has 1 rings (SSSR count). The van der Waals surface area contributed by atoms with Gasteiger partial charge in [-0.1, -0.05) is 6.92 Å². The Bertz CT molecular complexity index is 249. The van der Waals surface area contributed by atoms with E-state index in [4.69, 9.17) is 5.11 Å². The van der Waals surface area contributed by atoms with Gasteiger partial charge in [-0.05, 0) is 13.8 Å². The third kappa shape index (κ3) is 1.46. The Morgan fingerprint density at radius 1 is 1.54 bits per heavy atom. The number of hydrogen-bond acceptors (Lipinski definition) is 3. The molecule has 0 aromatic rings.